The van der Waals surface area contributed by atoms with Crippen molar-refractivity contribution in [3.05, 3.63) is 34.9 Å². The summed E-state index contributed by atoms with van der Waals surface area (Å²) in [5.74, 6) is 1.14. The summed E-state index contributed by atoms with van der Waals surface area (Å²) in [5.41, 5.74) is 5.57. The van der Waals surface area contributed by atoms with Crippen molar-refractivity contribution in [3.8, 4) is 0 Å². The minimum Gasteiger partial charge on any atom is -0.483 e. The van der Waals surface area contributed by atoms with Gasteiger partial charge in [-0.25, -0.2) is 4.98 Å². The van der Waals surface area contributed by atoms with Gasteiger partial charge in [0.1, 0.15) is 5.82 Å². The number of carbonyl (C=O) groups is 1. The van der Waals surface area contributed by atoms with Crippen molar-refractivity contribution >= 4 is 23.2 Å². The van der Waals surface area contributed by atoms with Gasteiger partial charge in [-0.1, -0.05) is 0 Å². The van der Waals surface area contributed by atoms with Gasteiger partial charge in [-0.3, -0.25) is 9.69 Å². The number of ether oxygens (including phenoxy) is 1. The maximum absolute atomic E-state index is 8.36. The predicted molar refractivity (Wildman–Crippen MR) is 108 cm³/mol. The lowest BCUT2D eigenvalue weighted by Crippen LogP contribution is -2.47. The van der Waals surface area contributed by atoms with Crippen molar-refractivity contribution in [1.29, 1.82) is 0 Å². The van der Waals surface area contributed by atoms with E-state index in [9.17, 15) is 0 Å². The Morgan fingerprint density at radius 2 is 1.81 bits per heavy atom. The third kappa shape index (κ3) is 4.57. The van der Waals surface area contributed by atoms with Crippen LogP contribution in [0.15, 0.2) is 18.2 Å². The first kappa shape index (κ1) is 19.6. The highest BCUT2D eigenvalue weighted by molar-refractivity contribution is 5.85. The maximum atomic E-state index is 8.36. The normalized spacial score (nSPS) is 16.7. The van der Waals surface area contributed by atoms with Gasteiger partial charge in [0.05, 0.1) is 12.1 Å². The molecule has 0 amide bonds. The fourth-order valence-corrected chi connectivity index (χ4v) is 4.03. The van der Waals surface area contributed by atoms with E-state index in [-0.39, 0.29) is 6.47 Å². The Kier molecular flexibility index (Phi) is 6.63. The second kappa shape index (κ2) is 9.15. The molecule has 1 aromatic heterocycles. The van der Waals surface area contributed by atoms with Crippen molar-refractivity contribution < 1.29 is 14.6 Å². The van der Waals surface area contributed by atoms with E-state index in [0.29, 0.717) is 0 Å². The molecule has 1 aliphatic heterocycles. The molecule has 0 radical (unpaired) electrons. The van der Waals surface area contributed by atoms with Gasteiger partial charge in [0, 0.05) is 45.2 Å². The number of aromatic nitrogens is 1. The highest BCUT2D eigenvalue weighted by Gasteiger charge is 2.19. The number of methoxy groups -OCH3 is 1. The number of pyridine rings is 1. The Morgan fingerprint density at radius 1 is 1.15 bits per heavy atom. The number of nitrogens with zero attached hydrogens (tertiary/aromatic N) is 3. The van der Waals surface area contributed by atoms with Crippen LogP contribution in [-0.4, -0.2) is 67.9 Å². The predicted octanol–water partition coefficient (Wildman–Crippen LogP) is 2.50. The van der Waals surface area contributed by atoms with E-state index in [0.717, 1.165) is 45.1 Å². The van der Waals surface area contributed by atoms with Crippen LogP contribution in [0.1, 0.15) is 23.1 Å². The number of piperazine rings is 1. The van der Waals surface area contributed by atoms with E-state index in [1.807, 2.05) is 0 Å². The molecule has 0 bridgehead atoms. The fraction of sp³-hybridized carbons (Fsp3) is 0.524. The molecule has 0 unspecified atom stereocenters. The second-order valence-electron chi connectivity index (χ2n) is 7.22. The van der Waals surface area contributed by atoms with E-state index in [2.05, 4.69) is 34.9 Å². The molecule has 6 nitrogen and oxygen atoms in total. The molecule has 2 aliphatic rings. The number of anilines is 1. The van der Waals surface area contributed by atoms with Crippen LogP contribution in [0.3, 0.4) is 0 Å². The molecule has 2 heterocycles. The average Bonchev–Trinajstić information content (AvgIpc) is 3.13. The Hall–Kier alpha value is -2.18. The topological polar surface area (TPSA) is 65.9 Å². The van der Waals surface area contributed by atoms with Gasteiger partial charge in [0.15, 0.2) is 0 Å². The van der Waals surface area contributed by atoms with Gasteiger partial charge in [0.25, 0.3) is 6.47 Å². The summed E-state index contributed by atoms with van der Waals surface area (Å²) >= 11 is 0. The van der Waals surface area contributed by atoms with Crippen molar-refractivity contribution in [3.63, 3.8) is 0 Å². The van der Waals surface area contributed by atoms with E-state index < -0.39 is 0 Å². The molecule has 1 aliphatic carbocycles. The molecule has 0 saturated carbocycles. The standard InChI is InChI=1S/C20H27N3O.CH2O2/c1-15-12-20(23-8-6-22(7-9-23)10-11-24-2)21-19-14-17-5-3-4-16(17)13-18(15)19;2-1-3/h12-14H,3-11H2,1-2H3;1H,(H,2,3). The number of hydrogen-bond acceptors (Lipinski definition) is 5. The van der Waals surface area contributed by atoms with Gasteiger partial charge in [-0.05, 0) is 61.1 Å². The van der Waals surface area contributed by atoms with Crippen molar-refractivity contribution in [1.82, 2.24) is 9.88 Å². The minimum atomic E-state index is -0.250. The van der Waals surface area contributed by atoms with Crippen molar-refractivity contribution in [2.24, 2.45) is 0 Å². The minimum absolute atomic E-state index is 0.250. The molecule has 27 heavy (non-hydrogen) atoms. The van der Waals surface area contributed by atoms with Crippen LogP contribution in [0.25, 0.3) is 10.9 Å². The summed E-state index contributed by atoms with van der Waals surface area (Å²) in [6, 6.07) is 6.99. The first-order valence-electron chi connectivity index (χ1n) is 9.63. The number of carboxylic acid groups (broad SMARTS) is 1. The van der Waals surface area contributed by atoms with Crippen LogP contribution in [0.5, 0.6) is 0 Å². The van der Waals surface area contributed by atoms with Crippen LogP contribution in [-0.2, 0) is 22.4 Å². The zero-order valence-electron chi connectivity index (χ0n) is 16.3. The van der Waals surface area contributed by atoms with Gasteiger partial charge in [0.2, 0.25) is 0 Å². The summed E-state index contributed by atoms with van der Waals surface area (Å²) in [7, 11) is 1.77. The lowest BCUT2D eigenvalue weighted by Gasteiger charge is -2.35. The molecule has 1 saturated heterocycles. The van der Waals surface area contributed by atoms with Gasteiger partial charge >= 0.3 is 0 Å². The summed E-state index contributed by atoms with van der Waals surface area (Å²) in [5, 5.41) is 8.22. The molecular weight excluding hydrogens is 342 g/mol. The highest BCUT2D eigenvalue weighted by atomic mass is 16.5. The van der Waals surface area contributed by atoms with E-state index >= 15 is 0 Å². The Morgan fingerprint density at radius 3 is 2.48 bits per heavy atom. The summed E-state index contributed by atoms with van der Waals surface area (Å²) in [6.45, 7) is 8.10. The molecule has 1 fully saturated rings. The third-order valence-corrected chi connectivity index (χ3v) is 5.52. The van der Waals surface area contributed by atoms with Gasteiger partial charge < -0.3 is 14.7 Å². The maximum Gasteiger partial charge on any atom is 0.290 e. The van der Waals surface area contributed by atoms with Gasteiger partial charge in [-0.2, -0.15) is 0 Å². The average molecular weight is 371 g/mol. The van der Waals surface area contributed by atoms with Crippen LogP contribution >= 0.6 is 0 Å². The number of rotatable bonds is 4. The smallest absolute Gasteiger partial charge is 0.290 e. The van der Waals surface area contributed by atoms with E-state index in [1.54, 1.807) is 7.11 Å². The van der Waals surface area contributed by atoms with E-state index in [1.165, 1.54) is 46.9 Å². The largest absolute Gasteiger partial charge is 0.483 e. The molecule has 4 rings (SSSR count). The molecule has 6 heteroatoms. The summed E-state index contributed by atoms with van der Waals surface area (Å²) in [4.78, 5) is 18.3. The molecule has 146 valence electrons. The van der Waals surface area contributed by atoms with Crippen LogP contribution in [0, 0.1) is 6.92 Å². The van der Waals surface area contributed by atoms with Crippen LogP contribution < -0.4 is 4.90 Å². The molecular formula is C21H29N3O3. The highest BCUT2D eigenvalue weighted by Crippen LogP contribution is 2.30. The Bertz CT molecular complexity index is 786. The number of hydrogen-bond donors (Lipinski definition) is 1. The third-order valence-electron chi connectivity index (χ3n) is 5.52. The quantitative estimate of drug-likeness (QED) is 0.833. The zero-order valence-corrected chi connectivity index (χ0v) is 16.3. The molecule has 0 spiro atoms. The monoisotopic (exact) mass is 371 g/mol. The Balaban J connectivity index is 0.000000659. The molecule has 1 aromatic carbocycles. The lowest BCUT2D eigenvalue weighted by atomic mass is 10.0. The number of fused-ring (bicyclic) bond motifs is 2. The Labute approximate surface area is 160 Å². The van der Waals surface area contributed by atoms with E-state index in [4.69, 9.17) is 19.6 Å². The van der Waals surface area contributed by atoms with Crippen molar-refractivity contribution in [2.45, 2.75) is 26.2 Å². The first-order valence-corrected chi connectivity index (χ1v) is 9.63. The molecule has 0 atom stereocenters. The SMILES string of the molecule is COCCN1CCN(c2cc(C)c3cc4c(cc3n2)CCC4)CC1.O=CO. The first-order chi connectivity index (χ1) is 13.2. The van der Waals surface area contributed by atoms with Crippen molar-refractivity contribution in [2.75, 3.05) is 51.3 Å². The van der Waals surface area contributed by atoms with Crippen LogP contribution in [0.4, 0.5) is 5.82 Å². The molecule has 2 aromatic rings. The van der Waals surface area contributed by atoms with Crippen LogP contribution in [0.2, 0.25) is 0 Å². The summed E-state index contributed by atoms with van der Waals surface area (Å²) < 4.78 is 5.19. The van der Waals surface area contributed by atoms with Gasteiger partial charge in [-0.15, -0.1) is 0 Å². The number of aryl methyl sites for hydroxylation is 3. The summed E-state index contributed by atoms with van der Waals surface area (Å²) in [6.07, 6.45) is 3.74. The second-order valence-corrected chi connectivity index (χ2v) is 7.22. The lowest BCUT2D eigenvalue weighted by molar-refractivity contribution is -0.122. The number of benzene rings is 1. The zero-order chi connectivity index (χ0) is 19.2. The fourth-order valence-electron chi connectivity index (χ4n) is 4.03. The molecule has 1 N–H and O–H groups in total.